The molecule has 0 amide bonds. The van der Waals surface area contributed by atoms with Crippen LogP contribution in [-0.4, -0.2) is 55.2 Å². The minimum atomic E-state index is 0.488. The van der Waals surface area contributed by atoms with Gasteiger partial charge in [0, 0.05) is 24.8 Å². The van der Waals surface area contributed by atoms with Crippen LogP contribution in [-0.2, 0) is 0 Å². The van der Waals surface area contributed by atoms with Crippen LogP contribution in [0.1, 0.15) is 6.42 Å². The van der Waals surface area contributed by atoms with E-state index in [9.17, 15) is 0 Å². The van der Waals surface area contributed by atoms with Gasteiger partial charge in [-0.05, 0) is 38.7 Å². The fourth-order valence-electron chi connectivity index (χ4n) is 2.89. The summed E-state index contributed by atoms with van der Waals surface area (Å²) in [6.07, 6.45) is 4.30. The summed E-state index contributed by atoms with van der Waals surface area (Å²) in [5.41, 5.74) is 2.00. The topological polar surface area (TPSA) is 53.5 Å². The molecule has 1 fully saturated rings. The zero-order chi connectivity index (χ0) is 17.1. The van der Waals surface area contributed by atoms with Gasteiger partial charge in [-0.2, -0.15) is 0 Å². The van der Waals surface area contributed by atoms with Gasteiger partial charge < -0.3 is 19.9 Å². The Bertz CT molecular complexity index is 692. The Hall–Kier alpha value is -2.05. The van der Waals surface area contributed by atoms with Crippen LogP contribution in [0.3, 0.4) is 0 Å². The van der Waals surface area contributed by atoms with Crippen molar-refractivity contribution in [3.8, 4) is 5.75 Å². The van der Waals surface area contributed by atoms with Gasteiger partial charge in [-0.25, -0.2) is 9.97 Å². The number of benzene rings is 1. The molecule has 2 heterocycles. The van der Waals surface area contributed by atoms with Crippen LogP contribution in [0.15, 0.2) is 30.6 Å². The second-order valence-electron chi connectivity index (χ2n) is 6.09. The number of halogens is 1. The number of nitrogens with one attached hydrogen (secondary N) is 1. The Kier molecular flexibility index (Phi) is 5.06. The van der Waals surface area contributed by atoms with E-state index in [4.69, 9.17) is 16.3 Å². The average Bonchev–Trinajstić information content (AvgIpc) is 3.07. The van der Waals surface area contributed by atoms with Gasteiger partial charge >= 0.3 is 0 Å². The molecule has 0 radical (unpaired) electrons. The first-order valence-corrected chi connectivity index (χ1v) is 8.28. The van der Waals surface area contributed by atoms with E-state index in [2.05, 4.69) is 51.3 Å². The molecule has 0 aliphatic carbocycles. The zero-order valence-electron chi connectivity index (χ0n) is 14.2. The molecule has 0 spiro atoms. The maximum atomic E-state index is 5.84. The van der Waals surface area contributed by atoms with E-state index in [1.165, 1.54) is 6.42 Å². The second kappa shape index (κ2) is 7.23. The van der Waals surface area contributed by atoms with Gasteiger partial charge in [0.25, 0.3) is 0 Å². The van der Waals surface area contributed by atoms with E-state index in [0.29, 0.717) is 17.0 Å². The highest BCUT2D eigenvalue weighted by Gasteiger charge is 2.24. The number of hydrogen-bond acceptors (Lipinski definition) is 6. The van der Waals surface area contributed by atoms with Gasteiger partial charge in [-0.1, -0.05) is 11.6 Å². The number of rotatable bonds is 5. The lowest BCUT2D eigenvalue weighted by Gasteiger charge is -2.23. The van der Waals surface area contributed by atoms with Crippen molar-refractivity contribution in [3.05, 3.63) is 35.6 Å². The Morgan fingerprint density at radius 1 is 1.29 bits per heavy atom. The van der Waals surface area contributed by atoms with Gasteiger partial charge in [-0.3, -0.25) is 0 Å². The molecular weight excluding hydrogens is 326 g/mol. The molecule has 2 aromatic rings. The number of nitrogens with zero attached hydrogens (tertiary/aromatic N) is 4. The highest BCUT2D eigenvalue weighted by molar-refractivity contribution is 6.30. The van der Waals surface area contributed by atoms with Gasteiger partial charge in [0.05, 0.1) is 30.2 Å². The fourth-order valence-corrected chi connectivity index (χ4v) is 2.98. The minimum Gasteiger partial charge on any atom is -0.495 e. The molecule has 1 N–H and O–H groups in total. The summed E-state index contributed by atoms with van der Waals surface area (Å²) in [6.45, 7) is 2.07. The highest BCUT2D eigenvalue weighted by atomic mass is 35.5. The molecule has 0 saturated carbocycles. The van der Waals surface area contributed by atoms with Crippen LogP contribution in [0.2, 0.25) is 5.02 Å². The number of ether oxygens (including phenoxy) is 1. The van der Waals surface area contributed by atoms with Crippen LogP contribution in [0.4, 0.5) is 17.3 Å². The molecule has 1 aromatic carbocycles. The summed E-state index contributed by atoms with van der Waals surface area (Å²) in [5.74, 6) is 1.24. The molecule has 0 unspecified atom stereocenters. The number of aromatic nitrogens is 2. The molecule has 1 aliphatic heterocycles. The van der Waals surface area contributed by atoms with Crippen LogP contribution in [0.5, 0.6) is 5.75 Å². The van der Waals surface area contributed by atoms with Crippen molar-refractivity contribution in [1.29, 1.82) is 0 Å². The van der Waals surface area contributed by atoms with Crippen molar-refractivity contribution in [2.45, 2.75) is 12.5 Å². The van der Waals surface area contributed by atoms with Crippen LogP contribution < -0.4 is 15.0 Å². The molecule has 1 atom stereocenters. The summed E-state index contributed by atoms with van der Waals surface area (Å²) < 4.78 is 5.45. The molecule has 1 aromatic heterocycles. The van der Waals surface area contributed by atoms with Gasteiger partial charge in [0.1, 0.15) is 5.75 Å². The average molecular weight is 348 g/mol. The first-order valence-electron chi connectivity index (χ1n) is 7.91. The van der Waals surface area contributed by atoms with Crippen LogP contribution >= 0.6 is 11.6 Å². The third-order valence-corrected chi connectivity index (χ3v) is 4.50. The lowest BCUT2D eigenvalue weighted by atomic mass is 10.2. The minimum absolute atomic E-state index is 0.488. The lowest BCUT2D eigenvalue weighted by Crippen LogP contribution is -2.31. The van der Waals surface area contributed by atoms with E-state index >= 15 is 0 Å². The Morgan fingerprint density at radius 2 is 2.04 bits per heavy atom. The maximum absolute atomic E-state index is 5.84. The predicted molar refractivity (Wildman–Crippen MR) is 97.6 cm³/mol. The van der Waals surface area contributed by atoms with E-state index in [-0.39, 0.29) is 0 Å². The summed E-state index contributed by atoms with van der Waals surface area (Å²) in [7, 11) is 5.92. The molecule has 1 aliphatic rings. The Labute approximate surface area is 147 Å². The van der Waals surface area contributed by atoms with Crippen molar-refractivity contribution < 1.29 is 4.74 Å². The molecule has 0 bridgehead atoms. The molecule has 3 rings (SSSR count). The van der Waals surface area contributed by atoms with Gasteiger partial charge in [0.2, 0.25) is 5.95 Å². The van der Waals surface area contributed by atoms with Crippen LogP contribution in [0, 0.1) is 0 Å². The van der Waals surface area contributed by atoms with E-state index in [1.54, 1.807) is 19.5 Å². The normalized spacial score (nSPS) is 17.4. The summed E-state index contributed by atoms with van der Waals surface area (Å²) in [6, 6.07) is 6.72. The molecule has 7 heteroatoms. The molecule has 24 heavy (non-hydrogen) atoms. The van der Waals surface area contributed by atoms with Gasteiger partial charge in [-0.15, -0.1) is 0 Å². The summed E-state index contributed by atoms with van der Waals surface area (Å²) >= 11 is 5.84. The summed E-state index contributed by atoms with van der Waals surface area (Å²) in [4.78, 5) is 13.0. The molecule has 1 saturated heterocycles. The van der Waals surface area contributed by atoms with Crippen molar-refractivity contribution >= 4 is 28.9 Å². The van der Waals surface area contributed by atoms with Crippen molar-refractivity contribution in [1.82, 2.24) is 14.9 Å². The number of methoxy groups -OCH3 is 1. The Balaban J connectivity index is 1.82. The van der Waals surface area contributed by atoms with Crippen molar-refractivity contribution in [2.24, 2.45) is 0 Å². The van der Waals surface area contributed by atoms with E-state index in [0.717, 1.165) is 30.2 Å². The Morgan fingerprint density at radius 3 is 2.67 bits per heavy atom. The van der Waals surface area contributed by atoms with E-state index in [1.807, 2.05) is 6.07 Å². The smallest absolute Gasteiger partial charge is 0.227 e. The largest absolute Gasteiger partial charge is 0.495 e. The number of anilines is 3. The quantitative estimate of drug-likeness (QED) is 0.897. The fraction of sp³-hybridized carbons (Fsp3) is 0.412. The number of hydrogen-bond donors (Lipinski definition) is 1. The van der Waals surface area contributed by atoms with Crippen LogP contribution in [0.25, 0.3) is 0 Å². The lowest BCUT2D eigenvalue weighted by molar-refractivity contribution is 0.315. The SMILES string of the molecule is COc1ccc(N2CC[C@H](N(C)C)C2)cc1Nc1ncc(Cl)cn1. The van der Waals surface area contributed by atoms with Gasteiger partial charge in [0.15, 0.2) is 0 Å². The monoisotopic (exact) mass is 347 g/mol. The third-order valence-electron chi connectivity index (χ3n) is 4.31. The molecule has 128 valence electrons. The van der Waals surface area contributed by atoms with Crippen molar-refractivity contribution in [2.75, 3.05) is 44.5 Å². The molecular formula is C17H22ClN5O. The van der Waals surface area contributed by atoms with Crippen molar-refractivity contribution in [3.63, 3.8) is 0 Å². The van der Waals surface area contributed by atoms with E-state index < -0.39 is 0 Å². The summed E-state index contributed by atoms with van der Waals surface area (Å²) in [5, 5.41) is 3.71. The number of likely N-dealkylation sites (N-methyl/N-ethyl adjacent to an activating group) is 1. The first kappa shape index (κ1) is 16.8. The standard InChI is InChI=1S/C17H22ClN5O/c1-22(2)14-6-7-23(11-14)13-4-5-16(24-3)15(8-13)21-17-19-9-12(18)10-20-17/h4-5,8-10,14H,6-7,11H2,1-3H3,(H,19,20,21)/t14-/m0/s1. The maximum Gasteiger partial charge on any atom is 0.227 e. The second-order valence-corrected chi connectivity index (χ2v) is 6.52. The first-order chi connectivity index (χ1) is 11.6. The third kappa shape index (κ3) is 3.71. The highest BCUT2D eigenvalue weighted by Crippen LogP contribution is 2.33. The predicted octanol–water partition coefficient (Wildman–Crippen LogP) is 3.02. The zero-order valence-corrected chi connectivity index (χ0v) is 14.9. The molecule has 6 nitrogen and oxygen atoms in total.